The van der Waals surface area contributed by atoms with Gasteiger partial charge in [0.2, 0.25) is 0 Å². The molecule has 20 heavy (non-hydrogen) atoms. The van der Waals surface area contributed by atoms with Crippen LogP contribution in [0.1, 0.15) is 39.5 Å². The van der Waals surface area contributed by atoms with Crippen LogP contribution in [0, 0.1) is 0 Å². The minimum atomic E-state index is -0.229. The Bertz CT molecular complexity index is 438. The second-order valence-electron chi connectivity index (χ2n) is 5.39. The molecule has 0 aromatic heterocycles. The van der Waals surface area contributed by atoms with Gasteiger partial charge in [0.05, 0.1) is 0 Å². The van der Waals surface area contributed by atoms with E-state index in [1.165, 1.54) is 36.3 Å². The Morgan fingerprint density at radius 3 is 1.75 bits per heavy atom. The van der Waals surface area contributed by atoms with Crippen molar-refractivity contribution >= 4 is 18.5 Å². The lowest BCUT2D eigenvalue weighted by atomic mass is 10.2. The molecule has 0 aliphatic rings. The number of benzene rings is 2. The van der Waals surface area contributed by atoms with Gasteiger partial charge in [-0.1, -0.05) is 93.8 Å². The molecule has 2 aromatic carbocycles. The molecule has 0 bridgehead atoms. The summed E-state index contributed by atoms with van der Waals surface area (Å²) in [7, 11) is -0.229. The van der Waals surface area contributed by atoms with Crippen molar-refractivity contribution in [1.29, 1.82) is 0 Å². The van der Waals surface area contributed by atoms with Crippen molar-refractivity contribution in [2.75, 3.05) is 0 Å². The summed E-state index contributed by atoms with van der Waals surface area (Å²) < 4.78 is 0. The first kappa shape index (κ1) is 15.3. The average molecular weight is 284 g/mol. The zero-order valence-corrected chi connectivity index (χ0v) is 13.5. The minimum Gasteiger partial charge on any atom is -0.0654 e. The molecular weight excluding hydrogens is 259 g/mol. The van der Waals surface area contributed by atoms with Gasteiger partial charge in [0.15, 0.2) is 0 Å². The van der Waals surface area contributed by atoms with Gasteiger partial charge in [-0.05, 0) is 30.6 Å². The fourth-order valence-electron chi connectivity index (χ4n) is 2.65. The highest BCUT2D eigenvalue weighted by Gasteiger charge is 2.20. The molecule has 0 amide bonds. The monoisotopic (exact) mass is 284 g/mol. The number of unbranched alkanes of at least 4 members (excludes halogenated alkanes) is 2. The minimum absolute atomic E-state index is 0.229. The van der Waals surface area contributed by atoms with Crippen LogP contribution < -0.4 is 10.6 Å². The quantitative estimate of drug-likeness (QED) is 0.491. The lowest BCUT2D eigenvalue weighted by Gasteiger charge is -2.25. The van der Waals surface area contributed by atoms with Gasteiger partial charge < -0.3 is 0 Å². The number of rotatable bonds is 7. The Kier molecular flexibility index (Phi) is 6.27. The van der Waals surface area contributed by atoms with Crippen LogP contribution in [0.5, 0.6) is 0 Å². The third kappa shape index (κ3) is 4.18. The fourth-order valence-corrected chi connectivity index (χ4v) is 5.40. The van der Waals surface area contributed by atoms with Gasteiger partial charge in [-0.3, -0.25) is 0 Å². The van der Waals surface area contributed by atoms with Crippen LogP contribution in [0.4, 0.5) is 0 Å². The summed E-state index contributed by atoms with van der Waals surface area (Å²) in [6.45, 7) is 4.71. The van der Waals surface area contributed by atoms with Gasteiger partial charge in [-0.25, -0.2) is 0 Å². The summed E-state index contributed by atoms with van der Waals surface area (Å²) in [6, 6.07) is 22.1. The van der Waals surface area contributed by atoms with Crippen LogP contribution in [-0.2, 0) is 0 Å². The molecule has 1 heteroatoms. The number of hydrogen-bond donors (Lipinski definition) is 0. The Morgan fingerprint density at radius 1 is 0.800 bits per heavy atom. The van der Waals surface area contributed by atoms with Gasteiger partial charge in [-0.15, -0.1) is 0 Å². The first-order chi connectivity index (χ1) is 9.83. The van der Waals surface area contributed by atoms with Gasteiger partial charge >= 0.3 is 0 Å². The molecule has 0 spiro atoms. The van der Waals surface area contributed by atoms with E-state index in [-0.39, 0.29) is 7.92 Å². The van der Waals surface area contributed by atoms with E-state index in [0.29, 0.717) is 0 Å². The predicted octanol–water partition coefficient (Wildman–Crippen LogP) is 5.09. The zero-order chi connectivity index (χ0) is 14.2. The number of hydrogen-bond acceptors (Lipinski definition) is 0. The van der Waals surface area contributed by atoms with Crippen molar-refractivity contribution < 1.29 is 0 Å². The van der Waals surface area contributed by atoms with E-state index in [2.05, 4.69) is 74.5 Å². The maximum absolute atomic E-state index is 2.43. The second kappa shape index (κ2) is 8.22. The Hall–Kier alpha value is -1.13. The fraction of sp³-hybridized carbons (Fsp3) is 0.368. The van der Waals surface area contributed by atoms with E-state index in [1.54, 1.807) is 0 Å². The molecule has 0 N–H and O–H groups in total. The van der Waals surface area contributed by atoms with Crippen LogP contribution in [0.3, 0.4) is 0 Å². The van der Waals surface area contributed by atoms with Crippen molar-refractivity contribution in [3.8, 4) is 0 Å². The average Bonchev–Trinajstić information content (AvgIpc) is 2.50. The third-order valence-electron chi connectivity index (χ3n) is 3.73. The van der Waals surface area contributed by atoms with Crippen LogP contribution >= 0.6 is 7.92 Å². The highest BCUT2D eigenvalue weighted by molar-refractivity contribution is 7.73. The molecule has 1 atom stereocenters. The SMILES string of the molecule is CCCCC[C@H](C)P(c1ccccc1)c1ccccc1. The van der Waals surface area contributed by atoms with E-state index in [0.717, 1.165) is 5.66 Å². The summed E-state index contributed by atoms with van der Waals surface area (Å²) >= 11 is 0. The predicted molar refractivity (Wildman–Crippen MR) is 92.7 cm³/mol. The van der Waals surface area contributed by atoms with E-state index in [4.69, 9.17) is 0 Å². The Labute approximate surface area is 125 Å². The summed E-state index contributed by atoms with van der Waals surface area (Å²) in [5.74, 6) is 0. The van der Waals surface area contributed by atoms with E-state index in [1.807, 2.05) is 0 Å². The first-order valence-electron chi connectivity index (χ1n) is 7.72. The molecule has 0 aliphatic carbocycles. The highest BCUT2D eigenvalue weighted by Crippen LogP contribution is 2.41. The maximum Gasteiger partial charge on any atom is -0.0157 e. The topological polar surface area (TPSA) is 0 Å². The molecule has 0 fully saturated rings. The lowest BCUT2D eigenvalue weighted by molar-refractivity contribution is 0.662. The molecule has 2 rings (SSSR count). The van der Waals surface area contributed by atoms with Crippen molar-refractivity contribution in [3.05, 3.63) is 60.7 Å². The molecule has 106 valence electrons. The summed E-state index contributed by atoms with van der Waals surface area (Å²) in [5, 5.41) is 3.02. The maximum atomic E-state index is 2.43. The summed E-state index contributed by atoms with van der Waals surface area (Å²) in [6.07, 6.45) is 5.36. The second-order valence-corrected chi connectivity index (χ2v) is 8.04. The molecule has 0 radical (unpaired) electrons. The molecule has 0 saturated carbocycles. The lowest BCUT2D eigenvalue weighted by Crippen LogP contribution is -2.19. The molecule has 0 unspecified atom stereocenters. The third-order valence-corrected chi connectivity index (χ3v) is 6.58. The van der Waals surface area contributed by atoms with Crippen LogP contribution in [0.2, 0.25) is 0 Å². The van der Waals surface area contributed by atoms with E-state index < -0.39 is 0 Å². The first-order valence-corrected chi connectivity index (χ1v) is 9.13. The van der Waals surface area contributed by atoms with E-state index >= 15 is 0 Å². The zero-order valence-electron chi connectivity index (χ0n) is 12.6. The van der Waals surface area contributed by atoms with Gasteiger partial charge in [0.25, 0.3) is 0 Å². The molecule has 2 aromatic rings. The largest absolute Gasteiger partial charge is 0.0654 e. The smallest absolute Gasteiger partial charge is 0.0157 e. The van der Waals surface area contributed by atoms with Gasteiger partial charge in [0.1, 0.15) is 0 Å². The van der Waals surface area contributed by atoms with Crippen LogP contribution in [0.15, 0.2) is 60.7 Å². The summed E-state index contributed by atoms with van der Waals surface area (Å²) in [4.78, 5) is 0. The van der Waals surface area contributed by atoms with Crippen LogP contribution in [-0.4, -0.2) is 5.66 Å². The molecule has 0 aliphatic heterocycles. The Balaban J connectivity index is 2.21. The molecule has 0 saturated heterocycles. The van der Waals surface area contributed by atoms with Gasteiger partial charge in [-0.2, -0.15) is 0 Å². The normalized spacial score (nSPS) is 12.6. The molecular formula is C19H25P. The highest BCUT2D eigenvalue weighted by atomic mass is 31.1. The standard InChI is InChI=1S/C19H25P/c1-3-4-7-12-17(2)20(18-13-8-5-9-14-18)19-15-10-6-11-16-19/h5-6,8-11,13-17H,3-4,7,12H2,1-2H3/t17-/m0/s1. The molecule has 0 heterocycles. The van der Waals surface area contributed by atoms with E-state index in [9.17, 15) is 0 Å². The summed E-state index contributed by atoms with van der Waals surface area (Å²) in [5.41, 5.74) is 0.751. The van der Waals surface area contributed by atoms with Crippen LogP contribution in [0.25, 0.3) is 0 Å². The van der Waals surface area contributed by atoms with Crippen molar-refractivity contribution in [1.82, 2.24) is 0 Å². The van der Waals surface area contributed by atoms with Crippen molar-refractivity contribution in [2.45, 2.75) is 45.2 Å². The van der Waals surface area contributed by atoms with Crippen molar-refractivity contribution in [2.24, 2.45) is 0 Å². The molecule has 0 nitrogen and oxygen atoms in total. The Morgan fingerprint density at radius 2 is 1.30 bits per heavy atom. The van der Waals surface area contributed by atoms with Gasteiger partial charge in [0, 0.05) is 0 Å². The van der Waals surface area contributed by atoms with Crippen molar-refractivity contribution in [3.63, 3.8) is 0 Å².